The fourth-order valence-electron chi connectivity index (χ4n) is 4.00. The van der Waals surface area contributed by atoms with Gasteiger partial charge in [-0.2, -0.15) is 0 Å². The van der Waals surface area contributed by atoms with Crippen LogP contribution in [0, 0.1) is 12.8 Å². The molecule has 1 atom stereocenters. The van der Waals surface area contributed by atoms with Crippen molar-refractivity contribution in [2.75, 3.05) is 0 Å². The maximum Gasteiger partial charge on any atom is 0.405 e. The molecule has 0 aromatic heterocycles. The number of nitrogens with one attached hydrogen (secondary N) is 1. The minimum Gasteiger partial charge on any atom is -0.465 e. The third-order valence-electron chi connectivity index (χ3n) is 5.05. The van der Waals surface area contributed by atoms with Gasteiger partial charge in [0.1, 0.15) is 0 Å². The van der Waals surface area contributed by atoms with Crippen molar-refractivity contribution in [2.45, 2.75) is 45.6 Å². The molecule has 1 aliphatic carbocycles. The minimum atomic E-state index is -0.951. The Hall–Kier alpha value is -1.81. The van der Waals surface area contributed by atoms with E-state index in [1.54, 1.807) is 0 Å². The number of carbonyl (C=O) groups is 1. The number of hydrogen-bond acceptors (Lipinski definition) is 1. The fourth-order valence-corrected chi connectivity index (χ4v) is 4.37. The summed E-state index contributed by atoms with van der Waals surface area (Å²) in [5.74, 6) is 0.482. The van der Waals surface area contributed by atoms with Crippen LogP contribution in [0.5, 0.6) is 0 Å². The molecule has 3 nitrogen and oxygen atoms in total. The molecule has 0 radical (unpaired) electrons. The second-order valence-corrected chi connectivity index (χ2v) is 8.54. The van der Waals surface area contributed by atoms with E-state index in [0.717, 1.165) is 23.7 Å². The Bertz CT molecular complexity index is 814. The summed E-state index contributed by atoms with van der Waals surface area (Å²) in [5, 5.41) is 11.6. The predicted molar refractivity (Wildman–Crippen MR) is 105 cm³/mol. The van der Waals surface area contributed by atoms with Gasteiger partial charge in [-0.15, -0.1) is 0 Å². The van der Waals surface area contributed by atoms with Gasteiger partial charge in [-0.25, -0.2) is 4.79 Å². The van der Waals surface area contributed by atoms with Crippen molar-refractivity contribution in [1.82, 2.24) is 5.32 Å². The normalized spacial score (nSPS) is 16.6. The van der Waals surface area contributed by atoms with E-state index in [2.05, 4.69) is 64.6 Å². The summed E-state index contributed by atoms with van der Waals surface area (Å²) in [6.07, 6.45) is 1.94. The summed E-state index contributed by atoms with van der Waals surface area (Å²) >= 11 is 3.61. The van der Waals surface area contributed by atoms with Crippen molar-refractivity contribution < 1.29 is 9.90 Å². The van der Waals surface area contributed by atoms with Crippen molar-refractivity contribution in [3.05, 3.63) is 57.6 Å². The highest BCUT2D eigenvalue weighted by molar-refractivity contribution is 9.10. The van der Waals surface area contributed by atoms with Crippen LogP contribution in [-0.2, 0) is 12.8 Å². The lowest BCUT2D eigenvalue weighted by atomic mass is 9.89. The van der Waals surface area contributed by atoms with E-state index < -0.39 is 11.6 Å². The molecule has 1 aliphatic rings. The van der Waals surface area contributed by atoms with Gasteiger partial charge in [-0.05, 0) is 79.8 Å². The van der Waals surface area contributed by atoms with Crippen molar-refractivity contribution in [3.8, 4) is 11.1 Å². The molecule has 132 valence electrons. The molecular weight excluding hydrogens is 378 g/mol. The fraction of sp³-hybridized carbons (Fsp3) is 0.381. The molecule has 0 saturated heterocycles. The lowest BCUT2D eigenvalue weighted by molar-refractivity contribution is 0.177. The Morgan fingerprint density at radius 1 is 1.24 bits per heavy atom. The van der Waals surface area contributed by atoms with Gasteiger partial charge >= 0.3 is 6.09 Å². The molecule has 0 fully saturated rings. The highest BCUT2D eigenvalue weighted by Crippen LogP contribution is 2.36. The van der Waals surface area contributed by atoms with Crippen LogP contribution in [0.3, 0.4) is 0 Å². The third kappa shape index (κ3) is 4.06. The van der Waals surface area contributed by atoms with Crippen molar-refractivity contribution in [3.63, 3.8) is 0 Å². The summed E-state index contributed by atoms with van der Waals surface area (Å²) in [5.41, 5.74) is 6.15. The molecule has 0 spiro atoms. The molecule has 3 rings (SSSR count). The molecule has 1 amide bonds. The number of rotatable bonds is 4. The monoisotopic (exact) mass is 401 g/mol. The molecule has 0 aliphatic heterocycles. The summed E-state index contributed by atoms with van der Waals surface area (Å²) in [4.78, 5) is 11.0. The van der Waals surface area contributed by atoms with Gasteiger partial charge in [-0.3, -0.25) is 0 Å². The van der Waals surface area contributed by atoms with Gasteiger partial charge in [0, 0.05) is 10.0 Å². The van der Waals surface area contributed by atoms with E-state index in [-0.39, 0.29) is 0 Å². The van der Waals surface area contributed by atoms with Crippen molar-refractivity contribution in [1.29, 1.82) is 0 Å². The second-order valence-electron chi connectivity index (χ2n) is 7.69. The van der Waals surface area contributed by atoms with Gasteiger partial charge in [0.2, 0.25) is 0 Å². The van der Waals surface area contributed by atoms with Crippen LogP contribution in [0.15, 0.2) is 40.9 Å². The van der Waals surface area contributed by atoms with E-state index in [9.17, 15) is 4.79 Å². The number of halogens is 1. The SMILES string of the molecule is Cc1c(Br)cccc1-c1ccc2c(c1)CC(CC(C)(C)NC(=O)O)C2. The Morgan fingerprint density at radius 3 is 2.68 bits per heavy atom. The Kier molecular flexibility index (Phi) is 4.92. The zero-order valence-corrected chi connectivity index (χ0v) is 16.5. The average Bonchev–Trinajstić information content (AvgIpc) is 2.88. The van der Waals surface area contributed by atoms with E-state index >= 15 is 0 Å². The smallest absolute Gasteiger partial charge is 0.405 e. The number of benzene rings is 2. The molecule has 1 unspecified atom stereocenters. The Labute approximate surface area is 157 Å². The molecule has 0 saturated carbocycles. The quantitative estimate of drug-likeness (QED) is 0.702. The van der Waals surface area contributed by atoms with Crippen molar-refractivity contribution in [2.24, 2.45) is 5.92 Å². The molecule has 0 bridgehead atoms. The molecular formula is C21H24BrNO2. The standard InChI is InChI=1S/C21H24BrNO2/c1-13-18(5-4-6-19(13)22)16-8-7-15-9-14(10-17(15)11-16)12-21(2,3)23-20(24)25/h4-8,11,14,23H,9-10,12H2,1-3H3,(H,24,25). The topological polar surface area (TPSA) is 49.3 Å². The number of fused-ring (bicyclic) bond motifs is 1. The maximum atomic E-state index is 11.0. The zero-order valence-electron chi connectivity index (χ0n) is 14.9. The van der Waals surface area contributed by atoms with E-state index in [4.69, 9.17) is 5.11 Å². The largest absolute Gasteiger partial charge is 0.465 e. The van der Waals surface area contributed by atoms with Gasteiger partial charge in [-0.1, -0.05) is 46.3 Å². The van der Waals surface area contributed by atoms with E-state index in [1.165, 1.54) is 27.8 Å². The highest BCUT2D eigenvalue weighted by Gasteiger charge is 2.29. The van der Waals surface area contributed by atoms with E-state index in [0.29, 0.717) is 5.92 Å². The first-order chi connectivity index (χ1) is 11.7. The molecule has 2 aromatic rings. The van der Waals surface area contributed by atoms with Crippen LogP contribution in [0.4, 0.5) is 4.79 Å². The Balaban J connectivity index is 1.79. The summed E-state index contributed by atoms with van der Waals surface area (Å²) in [6, 6.07) is 13.1. The lowest BCUT2D eigenvalue weighted by Crippen LogP contribution is -2.44. The molecule has 0 heterocycles. The van der Waals surface area contributed by atoms with Crippen LogP contribution in [0.1, 0.15) is 37.0 Å². The van der Waals surface area contributed by atoms with Crippen LogP contribution >= 0.6 is 15.9 Å². The first kappa shape index (κ1) is 18.0. The van der Waals surface area contributed by atoms with Crippen LogP contribution < -0.4 is 5.32 Å². The third-order valence-corrected chi connectivity index (χ3v) is 5.91. The number of hydrogen-bond donors (Lipinski definition) is 2. The second kappa shape index (κ2) is 6.83. The first-order valence-corrected chi connectivity index (χ1v) is 9.43. The average molecular weight is 402 g/mol. The molecule has 2 N–H and O–H groups in total. The van der Waals surface area contributed by atoms with E-state index in [1.807, 2.05) is 13.8 Å². The molecule has 25 heavy (non-hydrogen) atoms. The van der Waals surface area contributed by atoms with Gasteiger partial charge in [0.25, 0.3) is 0 Å². The lowest BCUT2D eigenvalue weighted by Gasteiger charge is -2.27. The Morgan fingerprint density at radius 2 is 1.96 bits per heavy atom. The van der Waals surface area contributed by atoms with Crippen LogP contribution in [0.25, 0.3) is 11.1 Å². The number of amides is 1. The van der Waals surface area contributed by atoms with Crippen molar-refractivity contribution >= 4 is 22.0 Å². The maximum absolute atomic E-state index is 11.0. The summed E-state index contributed by atoms with van der Waals surface area (Å²) < 4.78 is 1.13. The minimum absolute atomic E-state index is 0.401. The van der Waals surface area contributed by atoms with Gasteiger partial charge in [0.15, 0.2) is 0 Å². The molecule has 2 aromatic carbocycles. The predicted octanol–water partition coefficient (Wildman–Crippen LogP) is 5.58. The highest BCUT2D eigenvalue weighted by atomic mass is 79.9. The summed E-state index contributed by atoms with van der Waals surface area (Å²) in [7, 11) is 0. The number of carboxylic acid groups (broad SMARTS) is 1. The van der Waals surface area contributed by atoms with Crippen LogP contribution in [0.2, 0.25) is 0 Å². The van der Waals surface area contributed by atoms with Gasteiger partial charge in [0.05, 0.1) is 0 Å². The zero-order chi connectivity index (χ0) is 18.2. The van der Waals surface area contributed by atoms with Crippen LogP contribution in [-0.4, -0.2) is 16.7 Å². The first-order valence-electron chi connectivity index (χ1n) is 8.63. The van der Waals surface area contributed by atoms with Gasteiger partial charge < -0.3 is 10.4 Å². The summed E-state index contributed by atoms with van der Waals surface area (Å²) in [6.45, 7) is 6.05. The molecule has 4 heteroatoms.